The second kappa shape index (κ2) is 17.3. The highest BCUT2D eigenvalue weighted by molar-refractivity contribution is 6.76. The van der Waals surface area contributed by atoms with Crippen molar-refractivity contribution in [2.24, 2.45) is 0 Å². The summed E-state index contributed by atoms with van der Waals surface area (Å²) >= 11 is 0. The summed E-state index contributed by atoms with van der Waals surface area (Å²) in [4.78, 5) is 22.5. The molecule has 0 atom stereocenters. The fourth-order valence-corrected chi connectivity index (χ4v) is 9.01. The van der Waals surface area contributed by atoms with Gasteiger partial charge in [0, 0.05) is 47.8 Å². The highest BCUT2D eigenvalue weighted by Gasteiger charge is 2.34. The molecule has 7 rings (SSSR count). The first-order valence-corrected chi connectivity index (χ1v) is 28.0. The number of likely N-dealkylation sites (tertiary alicyclic amines) is 1. The summed E-state index contributed by atoms with van der Waals surface area (Å²) in [5.74, 6) is 0.571. The van der Waals surface area contributed by atoms with Gasteiger partial charge >= 0.3 is 6.03 Å². The van der Waals surface area contributed by atoms with E-state index in [9.17, 15) is 4.79 Å². The van der Waals surface area contributed by atoms with Crippen molar-refractivity contribution in [3.05, 3.63) is 89.0 Å². The lowest BCUT2D eigenvalue weighted by atomic mass is 9.96. The maximum absolute atomic E-state index is 15.7. The van der Waals surface area contributed by atoms with Crippen LogP contribution < -0.4 is 4.74 Å². The van der Waals surface area contributed by atoms with Crippen LogP contribution in [0.5, 0.6) is 5.75 Å². The van der Waals surface area contributed by atoms with Crippen molar-refractivity contribution in [3.63, 3.8) is 0 Å². The van der Waals surface area contributed by atoms with Crippen molar-refractivity contribution in [2.45, 2.75) is 111 Å². The number of rotatable bonds is 16. The third-order valence-electron chi connectivity index (χ3n) is 11.0. The minimum atomic E-state index is -1.31. The Balaban J connectivity index is 1.25. The smallest absolute Gasteiger partial charge is 0.320 e. The van der Waals surface area contributed by atoms with E-state index >= 15 is 4.39 Å². The summed E-state index contributed by atoms with van der Waals surface area (Å²) in [5.41, 5.74) is 7.17. The summed E-state index contributed by atoms with van der Waals surface area (Å²) in [5, 5.41) is 6.12. The largest absolute Gasteiger partial charge is 0.486 e. The minimum absolute atomic E-state index is 0.0784. The number of benzene rings is 3. The summed E-state index contributed by atoms with van der Waals surface area (Å²) in [7, 11) is -2.62. The summed E-state index contributed by atoms with van der Waals surface area (Å²) < 4.78 is 38.4. The van der Waals surface area contributed by atoms with Crippen LogP contribution in [0.2, 0.25) is 51.4 Å². The van der Waals surface area contributed by atoms with Crippen LogP contribution in [-0.2, 0) is 49.1 Å². The van der Waals surface area contributed by atoms with E-state index in [4.69, 9.17) is 24.3 Å². The molecule has 5 aromatic rings. The topological polar surface area (TPSA) is 86.9 Å². The average Bonchev–Trinajstić information content (AvgIpc) is 3.98. The van der Waals surface area contributed by atoms with Gasteiger partial charge in [0.25, 0.3) is 0 Å². The molecule has 4 heterocycles. The Morgan fingerprint density at radius 3 is 2.23 bits per heavy atom. The standard InChI is InChI=1S/C44H59FN6O4Si2/c1-8-33-25-41(55-29-32-14-10-9-11-15-32)37(45)26-36(33)34-16-17-35-39(24-34)51(31-54-21-23-57(5,6)7)47-42(35)43-46-38-27-49(44(52)48-18-12-13-19-48)28-40(38)50(43)30-53-20-22-56(2,3)4/h9-11,14-17,24-26H,8,12-13,18-23,27-31H2,1-7H3. The number of urea groups is 1. The average molecular weight is 811 g/mol. The van der Waals surface area contributed by atoms with E-state index in [1.165, 1.54) is 0 Å². The minimum Gasteiger partial charge on any atom is -0.486 e. The molecule has 57 heavy (non-hydrogen) atoms. The van der Waals surface area contributed by atoms with E-state index < -0.39 is 22.0 Å². The summed E-state index contributed by atoms with van der Waals surface area (Å²) in [6, 6.07) is 21.6. The molecule has 1 saturated heterocycles. The molecule has 3 aromatic carbocycles. The molecule has 0 unspecified atom stereocenters. The number of carbonyl (C=O) groups excluding carboxylic acids is 1. The number of carbonyl (C=O) groups is 1. The van der Waals surface area contributed by atoms with Crippen molar-refractivity contribution < 1.29 is 23.4 Å². The molecule has 0 spiro atoms. The highest BCUT2D eigenvalue weighted by Crippen LogP contribution is 2.37. The summed E-state index contributed by atoms with van der Waals surface area (Å²) in [6.07, 6.45) is 2.81. The Morgan fingerprint density at radius 1 is 0.842 bits per heavy atom. The lowest BCUT2D eigenvalue weighted by Gasteiger charge is -2.24. The molecule has 2 aliphatic rings. The first kappa shape index (κ1) is 40.9. The Kier molecular flexibility index (Phi) is 12.4. The van der Waals surface area contributed by atoms with E-state index in [1.807, 2.05) is 56.9 Å². The zero-order valence-corrected chi connectivity index (χ0v) is 36.9. The Hall–Kier alpha value is -4.31. The van der Waals surface area contributed by atoms with Crippen molar-refractivity contribution >= 4 is 33.1 Å². The van der Waals surface area contributed by atoms with E-state index in [1.54, 1.807) is 6.07 Å². The molecule has 10 nitrogen and oxygen atoms in total. The molecule has 0 aliphatic carbocycles. The van der Waals surface area contributed by atoms with Crippen LogP contribution in [0.4, 0.5) is 9.18 Å². The number of fused-ring (bicyclic) bond motifs is 2. The molecule has 304 valence electrons. The van der Waals surface area contributed by atoms with Crippen LogP contribution in [0.3, 0.4) is 0 Å². The van der Waals surface area contributed by atoms with Crippen LogP contribution in [0.15, 0.2) is 60.7 Å². The maximum Gasteiger partial charge on any atom is 0.320 e. The van der Waals surface area contributed by atoms with Crippen LogP contribution in [-0.4, -0.2) is 77.6 Å². The molecule has 0 N–H and O–H groups in total. The number of hydrogen-bond acceptors (Lipinski definition) is 6. The van der Waals surface area contributed by atoms with Gasteiger partial charge in [-0.1, -0.05) is 82.6 Å². The lowest BCUT2D eigenvalue weighted by molar-refractivity contribution is 0.0814. The first-order chi connectivity index (χ1) is 27.3. The third kappa shape index (κ3) is 9.70. The zero-order valence-electron chi connectivity index (χ0n) is 34.9. The molecule has 2 amide bonds. The predicted octanol–water partition coefficient (Wildman–Crippen LogP) is 10.0. The van der Waals surface area contributed by atoms with Gasteiger partial charge < -0.3 is 28.6 Å². The second-order valence-electron chi connectivity index (χ2n) is 17.9. The first-order valence-electron chi connectivity index (χ1n) is 20.6. The molecule has 1 fully saturated rings. The molecule has 13 heteroatoms. The molecular formula is C44H59FN6O4Si2. The van der Waals surface area contributed by atoms with Gasteiger partial charge in [-0.25, -0.2) is 18.9 Å². The Labute approximate surface area is 338 Å². The van der Waals surface area contributed by atoms with Gasteiger partial charge in [-0.2, -0.15) is 5.10 Å². The van der Waals surface area contributed by atoms with Crippen LogP contribution >= 0.6 is 0 Å². The second-order valence-corrected chi connectivity index (χ2v) is 29.2. The molecule has 0 bridgehead atoms. The van der Waals surface area contributed by atoms with Gasteiger partial charge in [-0.3, -0.25) is 0 Å². The third-order valence-corrected chi connectivity index (χ3v) is 14.4. The van der Waals surface area contributed by atoms with Gasteiger partial charge in [0.2, 0.25) is 0 Å². The number of ether oxygens (including phenoxy) is 3. The van der Waals surface area contributed by atoms with Crippen molar-refractivity contribution in [1.82, 2.24) is 29.1 Å². The van der Waals surface area contributed by atoms with Gasteiger partial charge in [0.05, 0.1) is 30.0 Å². The van der Waals surface area contributed by atoms with E-state index in [-0.39, 0.29) is 18.5 Å². The van der Waals surface area contributed by atoms with Gasteiger partial charge in [0.1, 0.15) is 25.8 Å². The van der Waals surface area contributed by atoms with Crippen molar-refractivity contribution in [3.8, 4) is 28.4 Å². The van der Waals surface area contributed by atoms with Crippen molar-refractivity contribution in [2.75, 3.05) is 26.3 Å². The molecule has 0 saturated carbocycles. The SMILES string of the molecule is CCc1cc(OCc2ccccc2)c(F)cc1-c1ccc2c(-c3nc4c(n3COCC[Si](C)(C)C)CN(C(=O)N3CCCC3)C4)nn(COCC[Si](C)(C)C)c2c1. The van der Waals surface area contributed by atoms with Crippen LogP contribution in [0.1, 0.15) is 42.3 Å². The van der Waals surface area contributed by atoms with Crippen LogP contribution in [0.25, 0.3) is 33.5 Å². The van der Waals surface area contributed by atoms with E-state index in [0.717, 1.165) is 94.1 Å². The van der Waals surface area contributed by atoms with E-state index in [0.29, 0.717) is 46.1 Å². The maximum atomic E-state index is 15.7. The van der Waals surface area contributed by atoms with E-state index in [2.05, 4.69) is 62.9 Å². The fourth-order valence-electron chi connectivity index (χ4n) is 7.49. The number of imidazole rings is 1. The summed E-state index contributed by atoms with van der Waals surface area (Å²) in [6.45, 7) is 20.9. The van der Waals surface area contributed by atoms with Crippen molar-refractivity contribution in [1.29, 1.82) is 0 Å². The number of aryl methyl sites for hydroxylation is 1. The van der Waals surface area contributed by atoms with Gasteiger partial charge in [-0.15, -0.1) is 0 Å². The van der Waals surface area contributed by atoms with Gasteiger partial charge in [-0.05, 0) is 77.9 Å². The number of nitrogens with zero attached hydrogens (tertiary/aromatic N) is 6. The monoisotopic (exact) mass is 810 g/mol. The predicted molar refractivity (Wildman–Crippen MR) is 230 cm³/mol. The number of aromatic nitrogens is 4. The molecule has 2 aliphatic heterocycles. The van der Waals surface area contributed by atoms with Crippen LogP contribution in [0, 0.1) is 5.82 Å². The normalized spacial score (nSPS) is 14.6. The zero-order chi connectivity index (χ0) is 40.3. The quantitative estimate of drug-likeness (QED) is 0.0729. The number of hydrogen-bond donors (Lipinski definition) is 0. The highest BCUT2D eigenvalue weighted by atomic mass is 28.3. The molecule has 0 radical (unpaired) electrons. The number of amides is 2. The molecular weight excluding hydrogens is 752 g/mol. The lowest BCUT2D eigenvalue weighted by Crippen LogP contribution is -2.39. The molecule has 2 aromatic heterocycles. The fraction of sp³-hybridized carbons (Fsp3) is 0.477. The van der Waals surface area contributed by atoms with Gasteiger partial charge in [0.15, 0.2) is 17.4 Å². The number of halogens is 1. The Bertz CT molecular complexity index is 2190. The Morgan fingerprint density at radius 2 is 1.54 bits per heavy atom.